The summed E-state index contributed by atoms with van der Waals surface area (Å²) in [6.07, 6.45) is 1.61. The van der Waals surface area contributed by atoms with Crippen molar-refractivity contribution in [2.75, 3.05) is 0 Å². The Bertz CT molecular complexity index is 1110. The summed E-state index contributed by atoms with van der Waals surface area (Å²) in [6, 6.07) is 13.4. The molecule has 0 saturated heterocycles. The number of aryl methyl sites for hydroxylation is 2. The van der Waals surface area contributed by atoms with Crippen molar-refractivity contribution in [2.24, 2.45) is 5.10 Å². The highest BCUT2D eigenvalue weighted by Crippen LogP contribution is 2.32. The zero-order valence-corrected chi connectivity index (χ0v) is 16.6. The molecule has 1 heterocycles. The van der Waals surface area contributed by atoms with Crippen molar-refractivity contribution >= 4 is 29.4 Å². The van der Waals surface area contributed by atoms with Crippen LogP contribution in [0.4, 0.5) is 5.69 Å². The molecular formula is C21H18ClN3O4. The van der Waals surface area contributed by atoms with Crippen LogP contribution in [0.15, 0.2) is 58.0 Å². The van der Waals surface area contributed by atoms with Crippen LogP contribution in [0.25, 0.3) is 11.3 Å². The Morgan fingerprint density at radius 3 is 2.69 bits per heavy atom. The maximum Gasteiger partial charge on any atom is 0.270 e. The Hall–Kier alpha value is -3.45. The lowest BCUT2D eigenvalue weighted by atomic mass is 10.0. The minimum absolute atomic E-state index is 0.0985. The number of hydrogen-bond acceptors (Lipinski definition) is 5. The quantitative estimate of drug-likeness (QED) is 0.357. The number of nitro benzene ring substituents is 1. The van der Waals surface area contributed by atoms with Crippen molar-refractivity contribution in [1.29, 1.82) is 0 Å². The molecule has 0 bridgehead atoms. The van der Waals surface area contributed by atoms with Crippen LogP contribution in [0.1, 0.15) is 22.5 Å². The lowest BCUT2D eigenvalue weighted by molar-refractivity contribution is -0.384. The topological polar surface area (TPSA) is 97.7 Å². The van der Waals surface area contributed by atoms with E-state index in [0.29, 0.717) is 17.1 Å². The van der Waals surface area contributed by atoms with Crippen LogP contribution in [0, 0.1) is 24.0 Å². The van der Waals surface area contributed by atoms with Gasteiger partial charge in [-0.15, -0.1) is 0 Å². The number of nitrogens with one attached hydrogen (secondary N) is 1. The summed E-state index contributed by atoms with van der Waals surface area (Å²) in [6.45, 7) is 3.97. The summed E-state index contributed by atoms with van der Waals surface area (Å²) in [5.74, 6) is 0.604. The highest BCUT2D eigenvalue weighted by atomic mass is 35.5. The number of hydrogen-bond donors (Lipinski definition) is 1. The number of rotatable bonds is 6. The maximum atomic E-state index is 12.1. The van der Waals surface area contributed by atoms with Gasteiger partial charge in [0, 0.05) is 17.7 Å². The molecule has 0 aliphatic heterocycles. The smallest absolute Gasteiger partial charge is 0.270 e. The van der Waals surface area contributed by atoms with Crippen LogP contribution in [0.3, 0.4) is 0 Å². The van der Waals surface area contributed by atoms with Crippen molar-refractivity contribution in [3.8, 4) is 11.3 Å². The summed E-state index contributed by atoms with van der Waals surface area (Å²) in [4.78, 5) is 22.4. The second-order valence-electron chi connectivity index (χ2n) is 6.52. The lowest BCUT2D eigenvalue weighted by Gasteiger charge is -2.05. The molecule has 0 aliphatic rings. The number of furan rings is 1. The van der Waals surface area contributed by atoms with Crippen molar-refractivity contribution < 1.29 is 14.1 Å². The largest absolute Gasteiger partial charge is 0.455 e. The number of nitro groups is 1. The van der Waals surface area contributed by atoms with Gasteiger partial charge in [0.1, 0.15) is 11.5 Å². The molecule has 148 valence electrons. The zero-order valence-electron chi connectivity index (χ0n) is 15.8. The molecule has 1 amide bonds. The van der Waals surface area contributed by atoms with E-state index in [1.54, 1.807) is 12.1 Å². The van der Waals surface area contributed by atoms with Crippen LogP contribution in [0.5, 0.6) is 0 Å². The van der Waals surface area contributed by atoms with Crippen LogP contribution >= 0.6 is 11.6 Å². The zero-order chi connectivity index (χ0) is 21.0. The fourth-order valence-electron chi connectivity index (χ4n) is 2.81. The Kier molecular flexibility index (Phi) is 6.09. The number of carbonyl (C=O) groups is 1. The minimum Gasteiger partial charge on any atom is -0.455 e. The van der Waals surface area contributed by atoms with Gasteiger partial charge in [-0.1, -0.05) is 35.4 Å². The third-order valence-corrected chi connectivity index (χ3v) is 4.60. The predicted molar refractivity (Wildman–Crippen MR) is 111 cm³/mol. The number of halogens is 1. The van der Waals surface area contributed by atoms with Gasteiger partial charge in [-0.2, -0.15) is 5.10 Å². The van der Waals surface area contributed by atoms with Crippen molar-refractivity contribution in [2.45, 2.75) is 20.3 Å². The van der Waals surface area contributed by atoms with Crippen LogP contribution in [0.2, 0.25) is 5.02 Å². The Morgan fingerprint density at radius 2 is 2.00 bits per heavy atom. The molecule has 3 aromatic rings. The highest BCUT2D eigenvalue weighted by molar-refractivity contribution is 6.33. The molecule has 1 aromatic heterocycles. The number of hydrazone groups is 1. The molecule has 2 aromatic carbocycles. The molecule has 8 heteroatoms. The Balaban J connectivity index is 1.63. The first-order valence-corrected chi connectivity index (χ1v) is 9.13. The van der Waals surface area contributed by atoms with E-state index in [4.69, 9.17) is 16.0 Å². The standard InChI is InChI=1S/C21H18ClN3O4/c1-13-3-4-15(14(2)9-13)10-21(26)24-23-12-17-6-8-20(29-17)18-7-5-16(25(27)28)11-19(18)22/h3-9,11-12H,10H2,1-2H3,(H,24,26)/b23-12-. The van der Waals surface area contributed by atoms with E-state index < -0.39 is 4.92 Å². The average Bonchev–Trinajstić information content (AvgIpc) is 3.12. The average molecular weight is 412 g/mol. The molecule has 0 radical (unpaired) electrons. The molecule has 0 saturated carbocycles. The van der Waals surface area contributed by atoms with E-state index >= 15 is 0 Å². The van der Waals surface area contributed by atoms with Gasteiger partial charge in [-0.25, -0.2) is 5.43 Å². The summed E-state index contributed by atoms with van der Waals surface area (Å²) in [5, 5.41) is 14.9. The second kappa shape index (κ2) is 8.70. The molecule has 29 heavy (non-hydrogen) atoms. The summed E-state index contributed by atoms with van der Waals surface area (Å²) in [5.41, 5.74) is 6.04. The van der Waals surface area contributed by atoms with E-state index in [-0.39, 0.29) is 23.0 Å². The van der Waals surface area contributed by atoms with Gasteiger partial charge in [0.2, 0.25) is 5.91 Å². The van der Waals surface area contributed by atoms with Crippen molar-refractivity contribution in [3.63, 3.8) is 0 Å². The van der Waals surface area contributed by atoms with Crippen molar-refractivity contribution in [3.05, 3.63) is 86.1 Å². The number of amides is 1. The normalized spacial score (nSPS) is 11.0. The molecule has 0 fully saturated rings. The predicted octanol–water partition coefficient (Wildman–Crippen LogP) is 4.82. The van der Waals surface area contributed by atoms with Crippen LogP contribution < -0.4 is 5.43 Å². The lowest BCUT2D eigenvalue weighted by Crippen LogP contribution is -2.20. The Morgan fingerprint density at radius 1 is 1.21 bits per heavy atom. The van der Waals surface area contributed by atoms with E-state index in [0.717, 1.165) is 16.7 Å². The number of non-ortho nitro benzene ring substituents is 1. The first-order valence-electron chi connectivity index (χ1n) is 8.75. The van der Waals surface area contributed by atoms with Gasteiger partial charge in [0.15, 0.2) is 0 Å². The van der Waals surface area contributed by atoms with Crippen LogP contribution in [-0.4, -0.2) is 17.0 Å². The number of nitrogens with zero attached hydrogens (tertiary/aromatic N) is 2. The Labute approximate surface area is 172 Å². The molecule has 7 nitrogen and oxygen atoms in total. The molecule has 0 aliphatic carbocycles. The maximum absolute atomic E-state index is 12.1. The van der Waals surface area contributed by atoms with Crippen LogP contribution in [-0.2, 0) is 11.2 Å². The molecule has 0 atom stereocenters. The van der Waals surface area contributed by atoms with Gasteiger partial charge >= 0.3 is 0 Å². The third kappa shape index (κ3) is 5.08. The first kappa shape index (κ1) is 20.3. The molecule has 3 rings (SSSR count). The summed E-state index contributed by atoms with van der Waals surface area (Å²) in [7, 11) is 0. The third-order valence-electron chi connectivity index (χ3n) is 4.29. The fraction of sp³-hybridized carbons (Fsp3) is 0.143. The molecular weight excluding hydrogens is 394 g/mol. The highest BCUT2D eigenvalue weighted by Gasteiger charge is 2.13. The number of carbonyl (C=O) groups excluding carboxylic acids is 1. The van der Waals surface area contributed by atoms with Gasteiger partial charge in [0.25, 0.3) is 5.69 Å². The monoisotopic (exact) mass is 411 g/mol. The molecule has 1 N–H and O–H groups in total. The fourth-order valence-corrected chi connectivity index (χ4v) is 3.08. The van der Waals surface area contributed by atoms with E-state index in [1.165, 1.54) is 24.4 Å². The van der Waals surface area contributed by atoms with Gasteiger partial charge in [-0.05, 0) is 43.2 Å². The van der Waals surface area contributed by atoms with Gasteiger partial charge in [-0.3, -0.25) is 14.9 Å². The SMILES string of the molecule is Cc1ccc(CC(=O)N/N=C\c2ccc(-c3ccc([N+](=O)[O-])cc3Cl)o2)c(C)c1. The van der Waals surface area contributed by atoms with Gasteiger partial charge < -0.3 is 4.42 Å². The van der Waals surface area contributed by atoms with E-state index in [1.807, 2.05) is 32.0 Å². The molecule has 0 unspecified atom stereocenters. The molecule has 0 spiro atoms. The van der Waals surface area contributed by atoms with Crippen molar-refractivity contribution in [1.82, 2.24) is 5.43 Å². The summed E-state index contributed by atoms with van der Waals surface area (Å²) >= 11 is 6.11. The summed E-state index contributed by atoms with van der Waals surface area (Å²) < 4.78 is 5.63. The minimum atomic E-state index is -0.517. The van der Waals surface area contributed by atoms with Gasteiger partial charge in [0.05, 0.1) is 22.6 Å². The number of benzene rings is 2. The second-order valence-corrected chi connectivity index (χ2v) is 6.93. The van der Waals surface area contributed by atoms with E-state index in [2.05, 4.69) is 10.5 Å². The first-order chi connectivity index (χ1) is 13.8. The van der Waals surface area contributed by atoms with E-state index in [9.17, 15) is 14.9 Å².